The largest absolute Gasteiger partial charge is 0.490 e. The highest BCUT2D eigenvalue weighted by Gasteiger charge is 2.13. The van der Waals surface area contributed by atoms with Crippen LogP contribution in [-0.2, 0) is 0 Å². The Bertz CT molecular complexity index is 355. The molecule has 88 valence electrons. The van der Waals surface area contributed by atoms with Gasteiger partial charge >= 0.3 is 5.97 Å². The molecule has 0 amide bonds. The average Bonchev–Trinajstić information content (AvgIpc) is 2.27. The molecular formula is C11H16N2O3. The summed E-state index contributed by atoms with van der Waals surface area (Å²) >= 11 is 0. The number of ether oxygens (including phenoxy) is 1. The van der Waals surface area contributed by atoms with Crippen molar-refractivity contribution in [1.29, 1.82) is 0 Å². The maximum absolute atomic E-state index is 10.9. The van der Waals surface area contributed by atoms with E-state index in [1.165, 1.54) is 12.4 Å². The number of carbonyl (C=O) groups is 1. The molecule has 2 N–H and O–H groups in total. The van der Waals surface area contributed by atoms with Crippen LogP contribution in [0.25, 0.3) is 0 Å². The minimum absolute atomic E-state index is 0.0343. The van der Waals surface area contributed by atoms with E-state index in [9.17, 15) is 4.79 Å². The zero-order chi connectivity index (χ0) is 12.0. The first-order chi connectivity index (χ1) is 7.65. The number of pyridine rings is 1. The van der Waals surface area contributed by atoms with Gasteiger partial charge in [0.15, 0.2) is 0 Å². The highest BCUT2D eigenvalue weighted by Crippen LogP contribution is 2.18. The lowest BCUT2D eigenvalue weighted by molar-refractivity contribution is 0.0689. The van der Waals surface area contributed by atoms with Crippen molar-refractivity contribution in [3.8, 4) is 5.75 Å². The number of rotatable bonds is 6. The standard InChI is InChI=1S/C11H16N2O3/c1-8(3-5-12-2)16-10-4-6-13-7-9(10)11(14)15/h4,6-8,12H,3,5H2,1-2H3,(H,14,15). The summed E-state index contributed by atoms with van der Waals surface area (Å²) in [5.41, 5.74) is 0.0961. The van der Waals surface area contributed by atoms with Crippen molar-refractivity contribution >= 4 is 5.97 Å². The van der Waals surface area contributed by atoms with E-state index in [0.717, 1.165) is 13.0 Å². The third kappa shape index (κ3) is 3.51. The Morgan fingerprint density at radius 3 is 3.06 bits per heavy atom. The lowest BCUT2D eigenvalue weighted by Crippen LogP contribution is -2.20. The zero-order valence-corrected chi connectivity index (χ0v) is 9.43. The van der Waals surface area contributed by atoms with Crippen LogP contribution in [0.5, 0.6) is 5.75 Å². The maximum atomic E-state index is 10.9. The Hall–Kier alpha value is -1.62. The molecule has 0 aliphatic rings. The van der Waals surface area contributed by atoms with Crippen molar-refractivity contribution in [3.05, 3.63) is 24.0 Å². The fourth-order valence-corrected chi connectivity index (χ4v) is 1.27. The summed E-state index contributed by atoms with van der Waals surface area (Å²) in [6.45, 7) is 2.73. The Morgan fingerprint density at radius 1 is 1.69 bits per heavy atom. The smallest absolute Gasteiger partial charge is 0.341 e. The van der Waals surface area contributed by atoms with Crippen LogP contribution in [0.4, 0.5) is 0 Å². The first-order valence-electron chi connectivity index (χ1n) is 5.13. The van der Waals surface area contributed by atoms with E-state index < -0.39 is 5.97 Å². The first kappa shape index (κ1) is 12.4. The Balaban J connectivity index is 2.69. The van der Waals surface area contributed by atoms with Gasteiger partial charge < -0.3 is 15.2 Å². The summed E-state index contributed by atoms with van der Waals surface area (Å²) in [6.07, 6.45) is 3.60. The van der Waals surface area contributed by atoms with Gasteiger partial charge in [-0.1, -0.05) is 0 Å². The highest BCUT2D eigenvalue weighted by atomic mass is 16.5. The Labute approximate surface area is 94.5 Å². The van der Waals surface area contributed by atoms with E-state index >= 15 is 0 Å². The SMILES string of the molecule is CNCCC(C)Oc1ccncc1C(=O)O. The highest BCUT2D eigenvalue weighted by molar-refractivity contribution is 5.90. The molecule has 0 saturated carbocycles. The maximum Gasteiger partial charge on any atom is 0.341 e. The summed E-state index contributed by atoms with van der Waals surface area (Å²) < 4.78 is 5.55. The fraction of sp³-hybridized carbons (Fsp3) is 0.455. The van der Waals surface area contributed by atoms with E-state index in [1.54, 1.807) is 6.07 Å². The van der Waals surface area contributed by atoms with Gasteiger partial charge in [-0.25, -0.2) is 4.79 Å². The van der Waals surface area contributed by atoms with Gasteiger partial charge in [-0.05, 0) is 33.0 Å². The molecule has 1 atom stereocenters. The molecule has 0 aliphatic heterocycles. The van der Waals surface area contributed by atoms with E-state index in [2.05, 4.69) is 10.3 Å². The number of nitrogens with zero attached hydrogens (tertiary/aromatic N) is 1. The minimum atomic E-state index is -1.02. The molecule has 0 bridgehead atoms. The predicted octanol–water partition coefficient (Wildman–Crippen LogP) is 1.16. The van der Waals surface area contributed by atoms with Crippen molar-refractivity contribution in [2.75, 3.05) is 13.6 Å². The molecule has 5 heteroatoms. The predicted molar refractivity (Wildman–Crippen MR) is 59.8 cm³/mol. The van der Waals surface area contributed by atoms with Crippen molar-refractivity contribution in [3.63, 3.8) is 0 Å². The minimum Gasteiger partial charge on any atom is -0.490 e. The lowest BCUT2D eigenvalue weighted by atomic mass is 10.2. The van der Waals surface area contributed by atoms with Crippen molar-refractivity contribution in [2.24, 2.45) is 0 Å². The number of hydrogen-bond donors (Lipinski definition) is 2. The molecule has 1 aromatic heterocycles. The van der Waals surface area contributed by atoms with E-state index in [4.69, 9.17) is 9.84 Å². The third-order valence-electron chi connectivity index (χ3n) is 2.14. The third-order valence-corrected chi connectivity index (χ3v) is 2.14. The van der Waals surface area contributed by atoms with Gasteiger partial charge in [-0.2, -0.15) is 0 Å². The molecule has 0 spiro atoms. The normalized spacial score (nSPS) is 12.1. The van der Waals surface area contributed by atoms with Gasteiger partial charge in [0.2, 0.25) is 0 Å². The van der Waals surface area contributed by atoms with Crippen LogP contribution in [0.3, 0.4) is 0 Å². The second-order valence-electron chi connectivity index (χ2n) is 3.50. The molecule has 5 nitrogen and oxygen atoms in total. The molecule has 0 fully saturated rings. The van der Waals surface area contributed by atoms with Gasteiger partial charge in [-0.15, -0.1) is 0 Å². The molecule has 0 aromatic carbocycles. The molecular weight excluding hydrogens is 208 g/mol. The topological polar surface area (TPSA) is 71.5 Å². The van der Waals surface area contributed by atoms with Gasteiger partial charge in [0.05, 0.1) is 6.10 Å². The molecule has 1 aromatic rings. The molecule has 1 unspecified atom stereocenters. The van der Waals surface area contributed by atoms with Crippen molar-refractivity contribution in [2.45, 2.75) is 19.4 Å². The second-order valence-corrected chi connectivity index (χ2v) is 3.50. The summed E-state index contributed by atoms with van der Waals surface area (Å²) in [6, 6.07) is 1.57. The van der Waals surface area contributed by atoms with E-state index in [1.807, 2.05) is 14.0 Å². The molecule has 0 aliphatic carbocycles. The van der Waals surface area contributed by atoms with Crippen molar-refractivity contribution in [1.82, 2.24) is 10.3 Å². The molecule has 0 saturated heterocycles. The summed E-state index contributed by atoms with van der Waals surface area (Å²) in [5, 5.41) is 11.9. The van der Waals surface area contributed by atoms with Crippen molar-refractivity contribution < 1.29 is 14.6 Å². The number of aromatic nitrogens is 1. The Morgan fingerprint density at radius 2 is 2.44 bits per heavy atom. The quantitative estimate of drug-likeness (QED) is 0.758. The monoisotopic (exact) mass is 224 g/mol. The Kier molecular flexibility index (Phi) is 4.72. The second kappa shape index (κ2) is 6.07. The summed E-state index contributed by atoms with van der Waals surface area (Å²) in [7, 11) is 1.86. The van der Waals surface area contributed by atoms with Gasteiger partial charge in [0, 0.05) is 12.4 Å². The van der Waals surface area contributed by atoms with Crippen LogP contribution < -0.4 is 10.1 Å². The van der Waals surface area contributed by atoms with Crippen LogP contribution in [0.2, 0.25) is 0 Å². The summed E-state index contributed by atoms with van der Waals surface area (Å²) in [5.74, 6) is -0.657. The number of aromatic carboxylic acids is 1. The number of hydrogen-bond acceptors (Lipinski definition) is 4. The number of carboxylic acid groups (broad SMARTS) is 1. The number of nitrogens with one attached hydrogen (secondary N) is 1. The molecule has 16 heavy (non-hydrogen) atoms. The fourth-order valence-electron chi connectivity index (χ4n) is 1.27. The lowest BCUT2D eigenvalue weighted by Gasteiger charge is -2.15. The first-order valence-corrected chi connectivity index (χ1v) is 5.13. The van der Waals surface area contributed by atoms with Gasteiger partial charge in [0.1, 0.15) is 11.3 Å². The summed E-state index contributed by atoms with van der Waals surface area (Å²) in [4.78, 5) is 14.6. The van der Waals surface area contributed by atoms with Crippen LogP contribution in [-0.4, -0.2) is 35.8 Å². The van der Waals surface area contributed by atoms with Gasteiger partial charge in [0.25, 0.3) is 0 Å². The van der Waals surface area contributed by atoms with Crippen LogP contribution in [0.15, 0.2) is 18.5 Å². The van der Waals surface area contributed by atoms with Crippen LogP contribution in [0.1, 0.15) is 23.7 Å². The van der Waals surface area contributed by atoms with Gasteiger partial charge in [-0.3, -0.25) is 4.98 Å². The van der Waals surface area contributed by atoms with E-state index in [-0.39, 0.29) is 11.7 Å². The average molecular weight is 224 g/mol. The van der Waals surface area contributed by atoms with E-state index in [0.29, 0.717) is 5.75 Å². The van der Waals surface area contributed by atoms with Crippen LogP contribution in [0, 0.1) is 0 Å². The van der Waals surface area contributed by atoms with Crippen LogP contribution >= 0.6 is 0 Å². The molecule has 1 heterocycles. The molecule has 0 radical (unpaired) electrons. The molecule has 1 rings (SSSR count). The number of carboxylic acids is 1. The zero-order valence-electron chi connectivity index (χ0n) is 9.43.